The topological polar surface area (TPSA) is 125 Å². The molecular formula is C28H29F3N2O5. The predicted octanol–water partition coefficient (Wildman–Crippen LogP) is 5.18. The van der Waals surface area contributed by atoms with Gasteiger partial charge in [-0.05, 0) is 53.5 Å². The Balaban J connectivity index is 1.73. The lowest BCUT2D eigenvalue weighted by molar-refractivity contribution is -0.141. The molecule has 10 heteroatoms. The van der Waals surface area contributed by atoms with E-state index in [4.69, 9.17) is 20.9 Å². The van der Waals surface area contributed by atoms with Crippen molar-refractivity contribution in [3.8, 4) is 0 Å². The quantitative estimate of drug-likeness (QED) is 0.158. The summed E-state index contributed by atoms with van der Waals surface area (Å²) in [6.45, 7) is -0.106. The van der Waals surface area contributed by atoms with Crippen LogP contribution < -0.4 is 11.5 Å². The summed E-state index contributed by atoms with van der Waals surface area (Å²) in [6.07, 6.45) is 2.07. The minimum absolute atomic E-state index is 0.0536. The van der Waals surface area contributed by atoms with Gasteiger partial charge in [0, 0.05) is 43.3 Å². The van der Waals surface area contributed by atoms with Crippen LogP contribution in [0.2, 0.25) is 0 Å². The number of alkyl halides is 3. The van der Waals surface area contributed by atoms with Gasteiger partial charge in [-0.2, -0.15) is 13.2 Å². The van der Waals surface area contributed by atoms with Gasteiger partial charge in [0.05, 0.1) is 12.2 Å². The number of aliphatic carboxylic acids is 1. The lowest BCUT2D eigenvalue weighted by Crippen LogP contribution is -2.31. The van der Waals surface area contributed by atoms with Gasteiger partial charge in [0.15, 0.2) is 0 Å². The summed E-state index contributed by atoms with van der Waals surface area (Å²) in [4.78, 5) is 23.7. The van der Waals surface area contributed by atoms with E-state index in [1.165, 1.54) is 30.4 Å². The molecule has 0 saturated carbocycles. The van der Waals surface area contributed by atoms with E-state index in [0.29, 0.717) is 28.9 Å². The number of carbonyl (C=O) groups is 2. The van der Waals surface area contributed by atoms with Crippen molar-refractivity contribution in [1.29, 1.82) is 0 Å². The van der Waals surface area contributed by atoms with E-state index in [0.717, 1.165) is 5.56 Å². The molecule has 7 nitrogen and oxygen atoms in total. The number of hydrogen-bond donors (Lipinski definition) is 3. The van der Waals surface area contributed by atoms with Gasteiger partial charge in [-0.15, -0.1) is 0 Å². The highest BCUT2D eigenvalue weighted by molar-refractivity contribution is 5.90. The molecule has 2 aromatic carbocycles. The zero-order chi connectivity index (χ0) is 27.8. The van der Waals surface area contributed by atoms with Gasteiger partial charge in [-0.3, -0.25) is 0 Å². The first kappa shape index (κ1) is 28.5. The van der Waals surface area contributed by atoms with Crippen molar-refractivity contribution < 1.29 is 37.3 Å². The van der Waals surface area contributed by atoms with Crippen molar-refractivity contribution in [1.82, 2.24) is 0 Å². The minimum atomic E-state index is -4.31. The fourth-order valence-electron chi connectivity index (χ4n) is 4.03. The number of esters is 1. The minimum Gasteiger partial charge on any atom is -0.478 e. The molecule has 2 aromatic rings. The summed E-state index contributed by atoms with van der Waals surface area (Å²) >= 11 is 0. The highest BCUT2D eigenvalue weighted by atomic mass is 19.4. The Morgan fingerprint density at radius 2 is 1.87 bits per heavy atom. The van der Waals surface area contributed by atoms with Crippen molar-refractivity contribution in [2.45, 2.75) is 37.5 Å². The molecule has 0 radical (unpaired) electrons. The second-order valence-corrected chi connectivity index (χ2v) is 8.76. The first-order chi connectivity index (χ1) is 18.0. The molecular weight excluding hydrogens is 501 g/mol. The van der Waals surface area contributed by atoms with Crippen LogP contribution in [0.15, 0.2) is 72.3 Å². The number of carbonyl (C=O) groups excluding carboxylic acids is 1. The first-order valence-electron chi connectivity index (χ1n) is 11.9. The van der Waals surface area contributed by atoms with E-state index in [1.54, 1.807) is 42.5 Å². The molecule has 1 atom stereocenters. The lowest BCUT2D eigenvalue weighted by Gasteiger charge is -2.34. The summed E-state index contributed by atoms with van der Waals surface area (Å²) in [7, 11) is 0. The third kappa shape index (κ3) is 7.97. The number of hydrogen-bond acceptors (Lipinski definition) is 6. The van der Waals surface area contributed by atoms with Crippen LogP contribution in [-0.4, -0.2) is 36.4 Å². The second kappa shape index (κ2) is 12.5. The number of rotatable bonds is 11. The summed E-state index contributed by atoms with van der Waals surface area (Å²) in [6, 6.07) is 12.0. The monoisotopic (exact) mass is 530 g/mol. The molecule has 1 aliphatic rings. The maximum atomic E-state index is 12.6. The molecule has 5 N–H and O–H groups in total. The van der Waals surface area contributed by atoms with E-state index in [9.17, 15) is 27.9 Å². The molecule has 1 unspecified atom stereocenters. The molecule has 0 fully saturated rings. The molecule has 0 aromatic heterocycles. The highest BCUT2D eigenvalue weighted by Gasteiger charge is 2.35. The van der Waals surface area contributed by atoms with Crippen LogP contribution in [0.5, 0.6) is 0 Å². The first-order valence-corrected chi connectivity index (χ1v) is 11.9. The smallest absolute Gasteiger partial charge is 0.389 e. The number of benzene rings is 2. The average Bonchev–Trinajstić information content (AvgIpc) is 2.86. The number of nitrogen functional groups attached to an aromatic ring is 2. The van der Waals surface area contributed by atoms with Gasteiger partial charge in [-0.25, -0.2) is 9.59 Å². The average molecular weight is 531 g/mol. The fraction of sp³-hybridized carbons (Fsp3) is 0.286. The van der Waals surface area contributed by atoms with Crippen LogP contribution in [0.4, 0.5) is 24.5 Å². The predicted molar refractivity (Wildman–Crippen MR) is 138 cm³/mol. The normalized spacial score (nSPS) is 17.4. The van der Waals surface area contributed by atoms with Crippen LogP contribution in [0.1, 0.15) is 36.0 Å². The van der Waals surface area contributed by atoms with Gasteiger partial charge >= 0.3 is 18.1 Å². The van der Waals surface area contributed by atoms with Gasteiger partial charge in [0.2, 0.25) is 0 Å². The Morgan fingerprint density at radius 3 is 2.53 bits per heavy atom. The zero-order valence-electron chi connectivity index (χ0n) is 20.5. The van der Waals surface area contributed by atoms with Gasteiger partial charge < -0.3 is 26.0 Å². The van der Waals surface area contributed by atoms with Gasteiger partial charge in [0.25, 0.3) is 0 Å². The summed E-state index contributed by atoms with van der Waals surface area (Å²) in [5.41, 5.74) is 13.4. The van der Waals surface area contributed by atoms with E-state index >= 15 is 0 Å². The van der Waals surface area contributed by atoms with Crippen molar-refractivity contribution in [2.75, 3.05) is 24.7 Å². The number of halogens is 3. The zero-order valence-corrected chi connectivity index (χ0v) is 20.5. The second-order valence-electron chi connectivity index (χ2n) is 8.76. The van der Waals surface area contributed by atoms with Crippen molar-refractivity contribution in [3.63, 3.8) is 0 Å². The van der Waals surface area contributed by atoms with E-state index < -0.39 is 30.1 Å². The van der Waals surface area contributed by atoms with E-state index in [-0.39, 0.29) is 31.6 Å². The molecule has 0 heterocycles. The Hall–Kier alpha value is -4.05. The summed E-state index contributed by atoms with van der Waals surface area (Å²) in [5.74, 6) is -1.72. The Bertz CT molecular complexity index is 1250. The third-order valence-corrected chi connectivity index (χ3v) is 5.97. The number of ether oxygens (including phenoxy) is 2. The van der Waals surface area contributed by atoms with Gasteiger partial charge in [0.1, 0.15) is 5.60 Å². The van der Waals surface area contributed by atoms with Crippen LogP contribution in [0.25, 0.3) is 6.08 Å². The van der Waals surface area contributed by atoms with Crippen LogP contribution in [0.3, 0.4) is 0 Å². The number of nitrogens with two attached hydrogens (primary N) is 2. The van der Waals surface area contributed by atoms with Crippen LogP contribution in [-0.2, 0) is 31.1 Å². The largest absolute Gasteiger partial charge is 0.478 e. The standard InChI is InChI=1S/C28H29F3N2O5/c29-28(30,31)13-3-16-38-27(14-10-21(11-15-27)26(35)36)23-5-2-1-4-19(23)7-9-25(34)37-17-12-20-6-8-22(32)18-24(20)33/h1-2,4-11,14,18H,3,12-13,15-17,32-33H2,(H,35,36)/b9-7+. The van der Waals surface area contributed by atoms with Crippen molar-refractivity contribution in [2.24, 2.45) is 0 Å². The third-order valence-electron chi connectivity index (χ3n) is 5.97. The molecule has 3 rings (SSSR count). The van der Waals surface area contributed by atoms with E-state index in [2.05, 4.69) is 0 Å². The SMILES string of the molecule is Nc1ccc(CCOC(=O)/C=C/c2ccccc2C2(OCCCC(F)(F)F)C=CC(C(=O)O)=CC2)c(N)c1. The fourth-order valence-corrected chi connectivity index (χ4v) is 4.03. The molecule has 0 amide bonds. The Kier molecular flexibility index (Phi) is 9.35. The van der Waals surface area contributed by atoms with Crippen LogP contribution >= 0.6 is 0 Å². The highest BCUT2D eigenvalue weighted by Crippen LogP contribution is 2.38. The molecule has 202 valence electrons. The maximum absolute atomic E-state index is 12.6. The molecule has 38 heavy (non-hydrogen) atoms. The molecule has 0 spiro atoms. The molecule has 1 aliphatic carbocycles. The maximum Gasteiger partial charge on any atom is 0.389 e. The Labute approximate surface area is 218 Å². The molecule has 0 saturated heterocycles. The van der Waals surface area contributed by atoms with Crippen molar-refractivity contribution >= 4 is 29.4 Å². The van der Waals surface area contributed by atoms with Crippen LogP contribution in [0, 0.1) is 0 Å². The lowest BCUT2D eigenvalue weighted by atomic mass is 9.82. The summed E-state index contributed by atoms with van der Waals surface area (Å²) in [5, 5.41) is 9.29. The van der Waals surface area contributed by atoms with Crippen molar-refractivity contribution in [3.05, 3.63) is 89.0 Å². The molecule has 0 bridgehead atoms. The number of carboxylic acid groups (broad SMARTS) is 1. The number of carboxylic acids is 1. The van der Waals surface area contributed by atoms with Gasteiger partial charge in [-0.1, -0.05) is 36.4 Å². The Morgan fingerprint density at radius 1 is 1.11 bits per heavy atom. The van der Waals surface area contributed by atoms with E-state index in [1.807, 2.05) is 0 Å². The number of anilines is 2. The summed E-state index contributed by atoms with van der Waals surface area (Å²) < 4.78 is 49.1. The molecule has 0 aliphatic heterocycles.